The summed E-state index contributed by atoms with van der Waals surface area (Å²) < 4.78 is 9.93. The topological polar surface area (TPSA) is 64.6 Å². The molecule has 0 unspecified atom stereocenters. The first-order chi connectivity index (χ1) is 11.6. The van der Waals surface area contributed by atoms with E-state index in [1.165, 1.54) is 7.11 Å². The van der Waals surface area contributed by atoms with Crippen LogP contribution in [0, 0.1) is 0 Å². The second-order valence-electron chi connectivity index (χ2n) is 6.31. The van der Waals surface area contributed by atoms with Crippen molar-refractivity contribution in [2.24, 2.45) is 0 Å². The van der Waals surface area contributed by atoms with Gasteiger partial charge in [-0.15, -0.1) is 0 Å². The molecule has 1 aromatic carbocycles. The number of esters is 1. The molecule has 1 saturated carbocycles. The Labute approximate surface area is 143 Å². The molecule has 0 aromatic heterocycles. The third-order valence-electron chi connectivity index (χ3n) is 4.83. The van der Waals surface area contributed by atoms with Gasteiger partial charge < -0.3 is 14.8 Å². The van der Waals surface area contributed by atoms with E-state index < -0.39 is 5.41 Å². The molecule has 0 spiro atoms. The molecule has 0 heterocycles. The van der Waals surface area contributed by atoms with Crippen molar-refractivity contribution in [3.05, 3.63) is 29.8 Å². The van der Waals surface area contributed by atoms with E-state index in [-0.39, 0.29) is 11.9 Å². The third kappa shape index (κ3) is 4.28. The summed E-state index contributed by atoms with van der Waals surface area (Å²) in [5.74, 6) is 0.668. The number of unbranched alkanes of at least 4 members (excludes halogenated alkanes) is 1. The number of carbonyl (C=O) groups excluding carboxylic acids is 2. The van der Waals surface area contributed by atoms with Crippen LogP contribution in [0.5, 0.6) is 5.75 Å². The van der Waals surface area contributed by atoms with E-state index in [1.54, 1.807) is 7.11 Å². The van der Waals surface area contributed by atoms with E-state index in [9.17, 15) is 9.59 Å². The van der Waals surface area contributed by atoms with Crippen molar-refractivity contribution in [2.75, 3.05) is 20.8 Å². The fourth-order valence-corrected chi connectivity index (χ4v) is 3.41. The van der Waals surface area contributed by atoms with Gasteiger partial charge in [-0.1, -0.05) is 25.0 Å². The molecule has 0 bridgehead atoms. The highest BCUT2D eigenvalue weighted by molar-refractivity contribution is 5.88. The first-order valence-corrected chi connectivity index (χ1v) is 8.62. The highest BCUT2D eigenvalue weighted by Gasteiger charge is 2.42. The Morgan fingerprint density at radius 1 is 1.17 bits per heavy atom. The average molecular weight is 333 g/mol. The van der Waals surface area contributed by atoms with E-state index in [0.29, 0.717) is 13.0 Å². The van der Waals surface area contributed by atoms with Crippen molar-refractivity contribution >= 4 is 11.9 Å². The summed E-state index contributed by atoms with van der Waals surface area (Å²) in [7, 11) is 3.03. The minimum Gasteiger partial charge on any atom is -0.497 e. The molecule has 24 heavy (non-hydrogen) atoms. The summed E-state index contributed by atoms with van der Waals surface area (Å²) in [5, 5.41) is 3.06. The van der Waals surface area contributed by atoms with Crippen molar-refractivity contribution in [3.63, 3.8) is 0 Å². The first-order valence-electron chi connectivity index (χ1n) is 8.62. The summed E-state index contributed by atoms with van der Waals surface area (Å²) in [5.41, 5.74) is 0.586. The number of nitrogens with one attached hydrogen (secondary N) is 1. The molecule has 1 aliphatic carbocycles. The van der Waals surface area contributed by atoms with Gasteiger partial charge in [0.05, 0.1) is 19.6 Å². The third-order valence-corrected chi connectivity index (χ3v) is 4.83. The van der Waals surface area contributed by atoms with Crippen LogP contribution in [-0.2, 0) is 19.7 Å². The normalized spacial score (nSPS) is 15.8. The zero-order valence-electron chi connectivity index (χ0n) is 14.6. The minimum absolute atomic E-state index is 0.0892. The summed E-state index contributed by atoms with van der Waals surface area (Å²) in [6.07, 6.45) is 5.75. The molecular weight excluding hydrogens is 306 g/mol. The molecule has 1 fully saturated rings. The lowest BCUT2D eigenvalue weighted by Crippen LogP contribution is -2.43. The van der Waals surface area contributed by atoms with E-state index >= 15 is 0 Å². The molecule has 1 aliphatic rings. The molecular formula is C19H27NO4. The largest absolute Gasteiger partial charge is 0.497 e. The maximum Gasteiger partial charge on any atom is 0.305 e. The Kier molecular flexibility index (Phi) is 6.64. The lowest BCUT2D eigenvalue weighted by molar-refractivity contribution is -0.140. The van der Waals surface area contributed by atoms with Gasteiger partial charge in [-0.05, 0) is 43.4 Å². The number of amides is 1. The lowest BCUT2D eigenvalue weighted by Gasteiger charge is -2.28. The Bertz CT molecular complexity index is 564. The lowest BCUT2D eigenvalue weighted by atomic mass is 9.78. The summed E-state index contributed by atoms with van der Waals surface area (Å²) in [6, 6.07) is 7.83. The Hall–Kier alpha value is -2.04. The maximum absolute atomic E-state index is 12.9. The molecule has 0 aliphatic heterocycles. The van der Waals surface area contributed by atoms with Crippen LogP contribution < -0.4 is 10.1 Å². The highest BCUT2D eigenvalue weighted by Crippen LogP contribution is 2.42. The van der Waals surface area contributed by atoms with E-state index in [4.69, 9.17) is 4.74 Å². The van der Waals surface area contributed by atoms with Crippen molar-refractivity contribution in [1.29, 1.82) is 0 Å². The van der Waals surface area contributed by atoms with Crippen LogP contribution in [0.4, 0.5) is 0 Å². The molecule has 2 rings (SSSR count). The quantitative estimate of drug-likeness (QED) is 0.587. The van der Waals surface area contributed by atoms with Gasteiger partial charge in [-0.2, -0.15) is 0 Å². The van der Waals surface area contributed by atoms with Crippen LogP contribution in [0.1, 0.15) is 50.5 Å². The Morgan fingerprint density at radius 2 is 1.92 bits per heavy atom. The van der Waals surface area contributed by atoms with Gasteiger partial charge in [0.1, 0.15) is 5.75 Å². The van der Waals surface area contributed by atoms with Gasteiger partial charge in [-0.3, -0.25) is 9.59 Å². The molecule has 0 atom stereocenters. The number of methoxy groups -OCH3 is 2. The van der Waals surface area contributed by atoms with Gasteiger partial charge in [0.2, 0.25) is 5.91 Å². The standard InChI is InChI=1S/C19H27NO4/c1-23-16-9-7-8-15(14-16)19(11-4-5-12-19)18(22)20-13-6-3-10-17(21)24-2/h7-9,14H,3-6,10-13H2,1-2H3,(H,20,22). The molecule has 0 saturated heterocycles. The van der Waals surface area contributed by atoms with Crippen LogP contribution in [0.2, 0.25) is 0 Å². The van der Waals surface area contributed by atoms with E-state index in [1.807, 2.05) is 24.3 Å². The second kappa shape index (κ2) is 8.71. The Morgan fingerprint density at radius 3 is 2.58 bits per heavy atom. The number of hydrogen-bond acceptors (Lipinski definition) is 4. The highest BCUT2D eigenvalue weighted by atomic mass is 16.5. The van der Waals surface area contributed by atoms with Crippen LogP contribution in [-0.4, -0.2) is 32.6 Å². The second-order valence-corrected chi connectivity index (χ2v) is 6.31. The van der Waals surface area contributed by atoms with Crippen molar-refractivity contribution in [1.82, 2.24) is 5.32 Å². The molecule has 1 aromatic rings. The number of benzene rings is 1. The van der Waals surface area contributed by atoms with Crippen LogP contribution in [0.15, 0.2) is 24.3 Å². The average Bonchev–Trinajstić information content (AvgIpc) is 3.12. The summed E-state index contributed by atoms with van der Waals surface area (Å²) in [6.45, 7) is 0.585. The molecule has 1 N–H and O–H groups in total. The molecule has 0 radical (unpaired) electrons. The maximum atomic E-state index is 12.9. The monoisotopic (exact) mass is 333 g/mol. The van der Waals surface area contributed by atoms with Gasteiger partial charge in [0.15, 0.2) is 0 Å². The SMILES string of the molecule is COC(=O)CCCCNC(=O)C1(c2cccc(OC)c2)CCCC1. The zero-order chi connectivity index (χ0) is 17.4. The van der Waals surface area contributed by atoms with Crippen molar-refractivity contribution < 1.29 is 19.1 Å². The van der Waals surface area contributed by atoms with Crippen LogP contribution in [0.25, 0.3) is 0 Å². The van der Waals surface area contributed by atoms with E-state index in [0.717, 1.165) is 49.8 Å². The minimum atomic E-state index is -0.448. The first kappa shape index (κ1) is 18.3. The zero-order valence-corrected chi connectivity index (χ0v) is 14.6. The number of ether oxygens (including phenoxy) is 2. The predicted octanol–water partition coefficient (Wildman–Crippen LogP) is 2.97. The number of hydrogen-bond donors (Lipinski definition) is 1. The van der Waals surface area contributed by atoms with Crippen LogP contribution in [0.3, 0.4) is 0 Å². The van der Waals surface area contributed by atoms with Gasteiger partial charge >= 0.3 is 5.97 Å². The van der Waals surface area contributed by atoms with Gasteiger partial charge in [0, 0.05) is 13.0 Å². The van der Waals surface area contributed by atoms with Gasteiger partial charge in [-0.25, -0.2) is 0 Å². The molecule has 5 nitrogen and oxygen atoms in total. The van der Waals surface area contributed by atoms with Crippen molar-refractivity contribution in [2.45, 2.75) is 50.4 Å². The van der Waals surface area contributed by atoms with Gasteiger partial charge in [0.25, 0.3) is 0 Å². The fourth-order valence-electron chi connectivity index (χ4n) is 3.41. The summed E-state index contributed by atoms with van der Waals surface area (Å²) in [4.78, 5) is 24.0. The van der Waals surface area contributed by atoms with E-state index in [2.05, 4.69) is 10.1 Å². The predicted molar refractivity (Wildman–Crippen MR) is 92.0 cm³/mol. The smallest absolute Gasteiger partial charge is 0.305 e. The summed E-state index contributed by atoms with van der Waals surface area (Å²) >= 11 is 0. The Balaban J connectivity index is 1.96. The number of carbonyl (C=O) groups is 2. The van der Waals surface area contributed by atoms with Crippen LogP contribution >= 0.6 is 0 Å². The molecule has 1 amide bonds. The molecule has 132 valence electrons. The fraction of sp³-hybridized carbons (Fsp3) is 0.579. The number of rotatable bonds is 8. The van der Waals surface area contributed by atoms with Crippen molar-refractivity contribution in [3.8, 4) is 5.75 Å². The molecule has 5 heteroatoms.